The molecule has 116 valence electrons. The first-order valence-electron chi connectivity index (χ1n) is 8.07. The van der Waals surface area contributed by atoms with Gasteiger partial charge in [-0.2, -0.15) is 0 Å². The molecule has 4 heteroatoms. The summed E-state index contributed by atoms with van der Waals surface area (Å²) in [4.78, 5) is 4.35. The number of nitrogens with two attached hydrogens (primary N) is 1. The summed E-state index contributed by atoms with van der Waals surface area (Å²) >= 11 is 0. The molecule has 0 aromatic heterocycles. The molecule has 0 radical (unpaired) electrons. The molecule has 0 spiro atoms. The second-order valence-electron chi connectivity index (χ2n) is 5.65. The fraction of sp³-hybridized carbons (Fsp3) is 0.588. The number of benzene rings is 1. The zero-order chi connectivity index (χ0) is 14.9. The molecule has 4 nitrogen and oxygen atoms in total. The summed E-state index contributed by atoms with van der Waals surface area (Å²) in [7, 11) is 0. The van der Waals surface area contributed by atoms with Crippen LogP contribution in [0.2, 0.25) is 0 Å². The maximum atomic E-state index is 6.07. The molecule has 3 N–H and O–H groups in total. The van der Waals surface area contributed by atoms with E-state index in [-0.39, 0.29) is 0 Å². The lowest BCUT2D eigenvalue weighted by Gasteiger charge is -2.23. The molecule has 1 saturated carbocycles. The van der Waals surface area contributed by atoms with Crippen LogP contribution in [0.1, 0.15) is 51.0 Å². The van der Waals surface area contributed by atoms with Gasteiger partial charge in [-0.15, -0.1) is 0 Å². The number of aliphatic imine (C=N–C) groups is 1. The smallest absolute Gasteiger partial charge is 0.188 e. The first-order chi connectivity index (χ1) is 10.3. The van der Waals surface area contributed by atoms with Crippen molar-refractivity contribution in [3.8, 4) is 5.75 Å². The average Bonchev–Trinajstić information content (AvgIpc) is 2.52. The van der Waals surface area contributed by atoms with Crippen LogP contribution >= 0.6 is 0 Å². The molecule has 2 rings (SSSR count). The van der Waals surface area contributed by atoms with Crippen LogP contribution in [-0.4, -0.2) is 18.6 Å². The molecular formula is C17H27N3O. The molecule has 0 saturated heterocycles. The van der Waals surface area contributed by atoms with Crippen molar-refractivity contribution in [1.29, 1.82) is 0 Å². The van der Waals surface area contributed by atoms with Gasteiger partial charge in [0.05, 0.1) is 12.6 Å². The SMILES string of the molecule is CCCNC(N)=NCc1cccc(OC2CCCCC2)c1. The molecular weight excluding hydrogens is 262 g/mol. The lowest BCUT2D eigenvalue weighted by molar-refractivity contribution is 0.155. The van der Waals surface area contributed by atoms with E-state index in [2.05, 4.69) is 29.4 Å². The Hall–Kier alpha value is -1.71. The molecule has 1 aliphatic rings. The highest BCUT2D eigenvalue weighted by Crippen LogP contribution is 2.24. The largest absolute Gasteiger partial charge is 0.490 e. The van der Waals surface area contributed by atoms with Gasteiger partial charge in [-0.3, -0.25) is 0 Å². The Morgan fingerprint density at radius 3 is 2.90 bits per heavy atom. The quantitative estimate of drug-likeness (QED) is 0.624. The van der Waals surface area contributed by atoms with E-state index >= 15 is 0 Å². The van der Waals surface area contributed by atoms with E-state index in [1.54, 1.807) is 0 Å². The van der Waals surface area contributed by atoms with Crippen molar-refractivity contribution < 1.29 is 4.74 Å². The van der Waals surface area contributed by atoms with Gasteiger partial charge >= 0.3 is 0 Å². The monoisotopic (exact) mass is 289 g/mol. The van der Waals surface area contributed by atoms with Gasteiger partial charge in [-0.1, -0.05) is 25.5 Å². The van der Waals surface area contributed by atoms with Crippen LogP contribution in [-0.2, 0) is 6.54 Å². The first-order valence-corrected chi connectivity index (χ1v) is 8.07. The van der Waals surface area contributed by atoms with Crippen LogP contribution in [0.4, 0.5) is 0 Å². The molecule has 0 amide bonds. The average molecular weight is 289 g/mol. The van der Waals surface area contributed by atoms with Gasteiger partial charge in [0.2, 0.25) is 0 Å². The highest BCUT2D eigenvalue weighted by atomic mass is 16.5. The summed E-state index contributed by atoms with van der Waals surface area (Å²) in [5, 5.41) is 3.08. The first kappa shape index (κ1) is 15.7. The Kier molecular flexibility index (Phi) is 6.38. The van der Waals surface area contributed by atoms with Gasteiger partial charge in [0.15, 0.2) is 5.96 Å². The van der Waals surface area contributed by atoms with Crippen molar-refractivity contribution in [2.75, 3.05) is 6.54 Å². The Bertz CT molecular complexity index is 453. The summed E-state index contributed by atoms with van der Waals surface area (Å²) in [5.74, 6) is 1.46. The van der Waals surface area contributed by atoms with Gasteiger partial charge in [0.1, 0.15) is 5.75 Å². The van der Waals surface area contributed by atoms with E-state index in [4.69, 9.17) is 10.5 Å². The topological polar surface area (TPSA) is 59.6 Å². The van der Waals surface area contributed by atoms with E-state index in [9.17, 15) is 0 Å². The van der Waals surface area contributed by atoms with E-state index in [0.717, 1.165) is 24.3 Å². The van der Waals surface area contributed by atoms with E-state index < -0.39 is 0 Å². The van der Waals surface area contributed by atoms with Crippen molar-refractivity contribution in [3.05, 3.63) is 29.8 Å². The summed E-state index contributed by atoms with van der Waals surface area (Å²) in [5.41, 5.74) is 6.93. The molecule has 21 heavy (non-hydrogen) atoms. The maximum Gasteiger partial charge on any atom is 0.188 e. The van der Waals surface area contributed by atoms with Gasteiger partial charge in [0, 0.05) is 6.54 Å². The van der Waals surface area contributed by atoms with Crippen LogP contribution in [0, 0.1) is 0 Å². The van der Waals surface area contributed by atoms with Crippen molar-refractivity contribution in [2.45, 2.75) is 58.1 Å². The fourth-order valence-corrected chi connectivity index (χ4v) is 2.58. The van der Waals surface area contributed by atoms with Crippen LogP contribution in [0.15, 0.2) is 29.3 Å². The highest BCUT2D eigenvalue weighted by molar-refractivity contribution is 5.77. The minimum absolute atomic E-state index is 0.383. The zero-order valence-corrected chi connectivity index (χ0v) is 13.0. The third-order valence-electron chi connectivity index (χ3n) is 3.74. The minimum Gasteiger partial charge on any atom is -0.490 e. The lowest BCUT2D eigenvalue weighted by atomic mass is 9.98. The molecule has 1 fully saturated rings. The van der Waals surface area contributed by atoms with E-state index in [1.807, 2.05) is 12.1 Å². The van der Waals surface area contributed by atoms with Crippen molar-refractivity contribution in [1.82, 2.24) is 5.32 Å². The molecule has 0 bridgehead atoms. The van der Waals surface area contributed by atoms with Crippen molar-refractivity contribution >= 4 is 5.96 Å². The summed E-state index contributed by atoms with van der Waals surface area (Å²) in [6.45, 7) is 3.55. The lowest BCUT2D eigenvalue weighted by Crippen LogP contribution is -2.32. The third-order valence-corrected chi connectivity index (χ3v) is 3.74. The van der Waals surface area contributed by atoms with Crippen LogP contribution in [0.3, 0.4) is 0 Å². The van der Waals surface area contributed by atoms with Crippen molar-refractivity contribution in [3.63, 3.8) is 0 Å². The summed E-state index contributed by atoms with van der Waals surface area (Å²) < 4.78 is 6.07. The number of nitrogens with zero attached hydrogens (tertiary/aromatic N) is 1. The Balaban J connectivity index is 1.87. The molecule has 0 unspecified atom stereocenters. The second kappa shape index (κ2) is 8.55. The number of guanidine groups is 1. The number of hydrogen-bond donors (Lipinski definition) is 2. The summed E-state index contributed by atoms with van der Waals surface area (Å²) in [6.07, 6.45) is 7.70. The molecule has 0 atom stereocenters. The van der Waals surface area contributed by atoms with Crippen LogP contribution < -0.4 is 15.8 Å². The predicted molar refractivity (Wildman–Crippen MR) is 87.6 cm³/mol. The Morgan fingerprint density at radius 1 is 1.33 bits per heavy atom. The molecule has 1 aliphatic carbocycles. The number of hydrogen-bond acceptors (Lipinski definition) is 2. The predicted octanol–water partition coefficient (Wildman–Crippen LogP) is 3.21. The molecule has 0 aliphatic heterocycles. The van der Waals surface area contributed by atoms with Gasteiger partial charge in [-0.25, -0.2) is 4.99 Å². The van der Waals surface area contributed by atoms with Gasteiger partial charge in [0.25, 0.3) is 0 Å². The van der Waals surface area contributed by atoms with E-state index in [1.165, 1.54) is 32.1 Å². The Labute approximate surface area is 127 Å². The maximum absolute atomic E-state index is 6.07. The van der Waals surface area contributed by atoms with E-state index in [0.29, 0.717) is 18.6 Å². The molecule has 0 heterocycles. The third kappa shape index (κ3) is 5.66. The van der Waals surface area contributed by atoms with Crippen LogP contribution in [0.5, 0.6) is 5.75 Å². The second-order valence-corrected chi connectivity index (χ2v) is 5.65. The standard InChI is InChI=1S/C17H27N3O/c1-2-11-19-17(18)20-13-14-7-6-10-16(12-14)21-15-8-4-3-5-9-15/h6-7,10,12,15H,2-5,8-9,11,13H2,1H3,(H3,18,19,20). The van der Waals surface area contributed by atoms with Crippen LogP contribution in [0.25, 0.3) is 0 Å². The fourth-order valence-electron chi connectivity index (χ4n) is 2.58. The van der Waals surface area contributed by atoms with Gasteiger partial charge in [-0.05, 0) is 49.8 Å². The summed E-state index contributed by atoms with van der Waals surface area (Å²) in [6, 6.07) is 8.19. The highest BCUT2D eigenvalue weighted by Gasteiger charge is 2.14. The van der Waals surface area contributed by atoms with Crippen molar-refractivity contribution in [2.24, 2.45) is 10.7 Å². The van der Waals surface area contributed by atoms with Gasteiger partial charge < -0.3 is 15.8 Å². The minimum atomic E-state index is 0.383. The number of nitrogens with one attached hydrogen (secondary N) is 1. The molecule has 1 aromatic rings. The normalized spacial score (nSPS) is 16.7. The number of rotatable bonds is 6. The zero-order valence-electron chi connectivity index (χ0n) is 13.0. The Morgan fingerprint density at radius 2 is 2.14 bits per heavy atom. The molecule has 1 aromatic carbocycles. The number of ether oxygens (including phenoxy) is 1.